The zero-order valence-corrected chi connectivity index (χ0v) is 13.3. The van der Waals surface area contributed by atoms with Crippen molar-refractivity contribution >= 4 is 29.9 Å². The molecule has 3 N–H and O–H groups in total. The van der Waals surface area contributed by atoms with Gasteiger partial charge in [0.05, 0.1) is 0 Å². The number of guanidine groups is 1. The third-order valence-electron chi connectivity index (χ3n) is 2.35. The van der Waals surface area contributed by atoms with E-state index in [0.29, 0.717) is 12.0 Å². The lowest BCUT2D eigenvalue weighted by molar-refractivity contribution is 0.237. The predicted molar refractivity (Wildman–Crippen MR) is 82.6 cm³/mol. The average molecular weight is 342 g/mol. The highest BCUT2D eigenvalue weighted by Gasteiger charge is 2.05. The summed E-state index contributed by atoms with van der Waals surface area (Å²) in [5.74, 6) is 0.566. The van der Waals surface area contributed by atoms with E-state index in [9.17, 15) is 0 Å². The Bertz CT molecular complexity index is 183. The van der Waals surface area contributed by atoms with Crippen LogP contribution >= 0.6 is 24.0 Å². The molecule has 0 rings (SSSR count). The summed E-state index contributed by atoms with van der Waals surface area (Å²) in [6, 6.07) is 0.589. The van der Waals surface area contributed by atoms with Crippen LogP contribution in [0.4, 0.5) is 0 Å². The van der Waals surface area contributed by atoms with Gasteiger partial charge in [-0.3, -0.25) is 9.89 Å². The van der Waals surface area contributed by atoms with E-state index >= 15 is 0 Å². The second-order valence-corrected chi connectivity index (χ2v) is 3.92. The molecule has 16 heavy (non-hydrogen) atoms. The molecule has 0 unspecified atom stereocenters. The number of nitrogens with zero attached hydrogens (tertiary/aromatic N) is 2. The van der Waals surface area contributed by atoms with Gasteiger partial charge in [-0.1, -0.05) is 13.8 Å². The van der Waals surface area contributed by atoms with Crippen LogP contribution in [0.5, 0.6) is 0 Å². The zero-order chi connectivity index (χ0) is 11.7. The number of nitrogens with one attached hydrogen (secondary N) is 1. The quantitative estimate of drug-likeness (QED) is 0.420. The molecule has 0 fully saturated rings. The molecule has 0 saturated carbocycles. The number of hydrogen-bond donors (Lipinski definition) is 2. The van der Waals surface area contributed by atoms with Crippen molar-refractivity contribution in [2.45, 2.75) is 40.2 Å². The number of halogens is 1. The molecule has 0 aliphatic carbocycles. The first kappa shape index (κ1) is 18.3. The van der Waals surface area contributed by atoms with E-state index in [1.807, 2.05) is 0 Å². The van der Waals surface area contributed by atoms with E-state index in [0.717, 1.165) is 32.6 Å². The molecule has 0 bridgehead atoms. The van der Waals surface area contributed by atoms with Crippen molar-refractivity contribution in [3.05, 3.63) is 0 Å². The summed E-state index contributed by atoms with van der Waals surface area (Å²) >= 11 is 0. The Balaban J connectivity index is 0. The van der Waals surface area contributed by atoms with Crippen molar-refractivity contribution < 1.29 is 0 Å². The minimum absolute atomic E-state index is 0. The van der Waals surface area contributed by atoms with Gasteiger partial charge in [0.2, 0.25) is 0 Å². The van der Waals surface area contributed by atoms with E-state index in [1.165, 1.54) is 0 Å². The van der Waals surface area contributed by atoms with Gasteiger partial charge in [-0.25, -0.2) is 0 Å². The zero-order valence-electron chi connectivity index (χ0n) is 11.0. The largest absolute Gasteiger partial charge is 0.370 e. The van der Waals surface area contributed by atoms with Crippen molar-refractivity contribution in [1.29, 1.82) is 0 Å². The summed E-state index contributed by atoms with van der Waals surface area (Å²) < 4.78 is 0. The number of rotatable bonds is 7. The first-order chi connectivity index (χ1) is 7.11. The lowest BCUT2D eigenvalue weighted by Crippen LogP contribution is -2.41. The molecule has 0 heterocycles. The lowest BCUT2D eigenvalue weighted by Gasteiger charge is -2.24. The van der Waals surface area contributed by atoms with Gasteiger partial charge in [0.1, 0.15) is 0 Å². The molecule has 0 radical (unpaired) electrons. The smallest absolute Gasteiger partial charge is 0.188 e. The first-order valence-corrected chi connectivity index (χ1v) is 5.89. The van der Waals surface area contributed by atoms with Gasteiger partial charge in [-0.05, 0) is 26.8 Å². The fraction of sp³-hybridized carbons (Fsp3) is 0.909. The molecule has 5 heteroatoms. The molecule has 0 spiro atoms. The van der Waals surface area contributed by atoms with Crippen LogP contribution in [0.25, 0.3) is 0 Å². The second-order valence-electron chi connectivity index (χ2n) is 3.92. The third-order valence-corrected chi connectivity index (χ3v) is 2.35. The van der Waals surface area contributed by atoms with E-state index in [-0.39, 0.29) is 24.0 Å². The van der Waals surface area contributed by atoms with Crippen molar-refractivity contribution in [2.75, 3.05) is 26.2 Å². The molecule has 4 nitrogen and oxygen atoms in total. The molecule has 0 aromatic heterocycles. The second kappa shape index (κ2) is 11.4. The fourth-order valence-electron chi connectivity index (χ4n) is 1.40. The van der Waals surface area contributed by atoms with Crippen LogP contribution in [0.2, 0.25) is 0 Å². The van der Waals surface area contributed by atoms with Crippen LogP contribution in [-0.2, 0) is 0 Å². The normalized spacial score (nSPS) is 11.8. The van der Waals surface area contributed by atoms with E-state index < -0.39 is 0 Å². The molecule has 0 aromatic carbocycles. The van der Waals surface area contributed by atoms with E-state index in [2.05, 4.69) is 42.9 Å². The van der Waals surface area contributed by atoms with Gasteiger partial charge in [-0.15, -0.1) is 24.0 Å². The van der Waals surface area contributed by atoms with Gasteiger partial charge < -0.3 is 11.1 Å². The molecule has 0 aromatic rings. The Kier molecular flexibility index (Phi) is 13.1. The summed E-state index contributed by atoms with van der Waals surface area (Å²) in [7, 11) is 0. The highest BCUT2D eigenvalue weighted by Crippen LogP contribution is 1.94. The average Bonchev–Trinajstić information content (AvgIpc) is 2.20. The topological polar surface area (TPSA) is 53.6 Å². The van der Waals surface area contributed by atoms with Gasteiger partial charge >= 0.3 is 0 Å². The van der Waals surface area contributed by atoms with Crippen molar-refractivity contribution in [2.24, 2.45) is 10.7 Å². The van der Waals surface area contributed by atoms with Gasteiger partial charge in [0, 0.05) is 25.7 Å². The monoisotopic (exact) mass is 342 g/mol. The first-order valence-electron chi connectivity index (χ1n) is 5.89. The minimum atomic E-state index is 0. The van der Waals surface area contributed by atoms with Crippen molar-refractivity contribution in [1.82, 2.24) is 10.2 Å². The Labute approximate surface area is 117 Å². The highest BCUT2D eigenvalue weighted by molar-refractivity contribution is 14.0. The fourth-order valence-corrected chi connectivity index (χ4v) is 1.40. The molecule has 0 atom stereocenters. The number of nitrogens with two attached hydrogens (primary N) is 1. The molecule has 0 amide bonds. The lowest BCUT2D eigenvalue weighted by atomic mass is 10.3. The molecule has 0 aliphatic rings. The van der Waals surface area contributed by atoms with Gasteiger partial charge in [0.15, 0.2) is 5.96 Å². The standard InChI is InChI=1S/C11H26N4.HI/c1-5-7-13-11(12)14-8-9-15(6-2)10(3)4;/h10H,5-9H2,1-4H3,(H3,12,13,14);1H. The van der Waals surface area contributed by atoms with Crippen molar-refractivity contribution in [3.63, 3.8) is 0 Å². The van der Waals surface area contributed by atoms with Gasteiger partial charge in [-0.2, -0.15) is 0 Å². The third kappa shape index (κ3) is 9.21. The van der Waals surface area contributed by atoms with Crippen LogP contribution in [0.3, 0.4) is 0 Å². The van der Waals surface area contributed by atoms with E-state index in [4.69, 9.17) is 5.73 Å². The van der Waals surface area contributed by atoms with Crippen LogP contribution in [0, 0.1) is 0 Å². The van der Waals surface area contributed by atoms with Crippen LogP contribution in [0.1, 0.15) is 34.1 Å². The SMILES string of the molecule is CCCN=C(N)NCCN(CC)C(C)C.I. The van der Waals surface area contributed by atoms with Gasteiger partial charge in [0.25, 0.3) is 0 Å². The number of hydrogen-bond acceptors (Lipinski definition) is 2. The molecule has 0 aliphatic heterocycles. The predicted octanol–water partition coefficient (Wildman–Crippen LogP) is 1.65. The maximum Gasteiger partial charge on any atom is 0.188 e. The number of likely N-dealkylation sites (N-methyl/N-ethyl adjacent to an activating group) is 1. The molecular weight excluding hydrogens is 315 g/mol. The van der Waals surface area contributed by atoms with Crippen LogP contribution in [0.15, 0.2) is 4.99 Å². The summed E-state index contributed by atoms with van der Waals surface area (Å²) in [6.07, 6.45) is 1.04. The highest BCUT2D eigenvalue weighted by atomic mass is 127. The summed E-state index contributed by atoms with van der Waals surface area (Å²) in [6.45, 7) is 12.4. The van der Waals surface area contributed by atoms with Crippen LogP contribution in [-0.4, -0.2) is 43.1 Å². The Morgan fingerprint density at radius 2 is 2.00 bits per heavy atom. The summed E-state index contributed by atoms with van der Waals surface area (Å²) in [5, 5.41) is 3.12. The van der Waals surface area contributed by atoms with Crippen molar-refractivity contribution in [3.8, 4) is 0 Å². The molecular formula is C11H27IN4. The summed E-state index contributed by atoms with van der Waals surface area (Å²) in [5.41, 5.74) is 5.68. The van der Waals surface area contributed by atoms with Crippen LogP contribution < -0.4 is 11.1 Å². The molecule has 0 saturated heterocycles. The maximum atomic E-state index is 5.68. The molecule has 98 valence electrons. The maximum absolute atomic E-state index is 5.68. The number of aliphatic imine (C=N–C) groups is 1. The minimum Gasteiger partial charge on any atom is -0.370 e. The Morgan fingerprint density at radius 1 is 1.38 bits per heavy atom. The Morgan fingerprint density at radius 3 is 2.44 bits per heavy atom. The summed E-state index contributed by atoms with van der Waals surface area (Å²) in [4.78, 5) is 6.56. The van der Waals surface area contributed by atoms with E-state index in [1.54, 1.807) is 0 Å². The Hall–Kier alpha value is -0.0400.